The third-order valence-electron chi connectivity index (χ3n) is 3.02. The SMILES string of the molecule is CC(C)(C)OC(=O)c1ccccc1-c1ccccc1.CC(N)C(=O)O. The van der Waals surface area contributed by atoms with E-state index in [0.29, 0.717) is 5.56 Å². The van der Waals surface area contributed by atoms with Crippen LogP contribution in [-0.2, 0) is 9.53 Å². The molecule has 2 aromatic carbocycles. The number of carbonyl (C=O) groups is 2. The zero-order valence-corrected chi connectivity index (χ0v) is 15.0. The fourth-order valence-corrected chi connectivity index (χ4v) is 1.86. The zero-order chi connectivity index (χ0) is 19.0. The van der Waals surface area contributed by atoms with Crippen LogP contribution >= 0.6 is 0 Å². The van der Waals surface area contributed by atoms with Crippen molar-refractivity contribution in [3.05, 3.63) is 60.2 Å². The Morgan fingerprint density at radius 3 is 1.96 bits per heavy atom. The van der Waals surface area contributed by atoms with Crippen molar-refractivity contribution in [3.8, 4) is 11.1 Å². The Hall–Kier alpha value is -2.66. The summed E-state index contributed by atoms with van der Waals surface area (Å²) in [6.07, 6.45) is 0. The maximum absolute atomic E-state index is 12.2. The summed E-state index contributed by atoms with van der Waals surface area (Å²) in [5.41, 5.74) is 6.87. The largest absolute Gasteiger partial charge is 0.480 e. The average Bonchev–Trinajstić information content (AvgIpc) is 2.54. The Morgan fingerprint density at radius 1 is 1.00 bits per heavy atom. The van der Waals surface area contributed by atoms with Crippen LogP contribution in [0.1, 0.15) is 38.1 Å². The van der Waals surface area contributed by atoms with Gasteiger partial charge in [0.25, 0.3) is 0 Å². The van der Waals surface area contributed by atoms with E-state index in [-0.39, 0.29) is 5.97 Å². The van der Waals surface area contributed by atoms with Crippen LogP contribution in [0.4, 0.5) is 0 Å². The summed E-state index contributed by atoms with van der Waals surface area (Å²) in [5.74, 6) is -1.25. The van der Waals surface area contributed by atoms with E-state index in [1.165, 1.54) is 6.92 Å². The van der Waals surface area contributed by atoms with Crippen LogP contribution in [0.15, 0.2) is 54.6 Å². The van der Waals surface area contributed by atoms with E-state index in [2.05, 4.69) is 0 Å². The highest BCUT2D eigenvalue weighted by Gasteiger charge is 2.20. The summed E-state index contributed by atoms with van der Waals surface area (Å²) in [5, 5.41) is 7.87. The quantitative estimate of drug-likeness (QED) is 0.829. The molecule has 1 atom stereocenters. The van der Waals surface area contributed by atoms with Gasteiger partial charge in [-0.05, 0) is 44.9 Å². The Kier molecular flexibility index (Phi) is 7.33. The molecule has 0 aliphatic rings. The number of ether oxygens (including phenoxy) is 1. The van der Waals surface area contributed by atoms with Crippen molar-refractivity contribution in [1.29, 1.82) is 0 Å². The molecular formula is C20H25NO4. The Balaban J connectivity index is 0.000000450. The second-order valence-electron chi connectivity index (χ2n) is 6.54. The molecule has 5 heteroatoms. The minimum Gasteiger partial charge on any atom is -0.480 e. The van der Waals surface area contributed by atoms with Gasteiger partial charge < -0.3 is 15.6 Å². The summed E-state index contributed by atoms with van der Waals surface area (Å²) in [6, 6.07) is 16.6. The van der Waals surface area contributed by atoms with Crippen LogP contribution in [0.25, 0.3) is 11.1 Å². The molecule has 3 N–H and O–H groups in total. The summed E-state index contributed by atoms with van der Waals surface area (Å²) in [7, 11) is 0. The lowest BCUT2D eigenvalue weighted by Crippen LogP contribution is -2.25. The van der Waals surface area contributed by atoms with Crippen LogP contribution in [0.3, 0.4) is 0 Å². The summed E-state index contributed by atoms with van der Waals surface area (Å²) < 4.78 is 5.45. The smallest absolute Gasteiger partial charge is 0.339 e. The maximum atomic E-state index is 12.2. The number of nitrogens with two attached hydrogens (primary N) is 1. The van der Waals surface area contributed by atoms with Gasteiger partial charge in [0.15, 0.2) is 0 Å². The predicted octanol–water partition coefficient (Wildman–Crippen LogP) is 3.73. The first-order chi connectivity index (χ1) is 11.6. The van der Waals surface area contributed by atoms with Crippen molar-refractivity contribution >= 4 is 11.9 Å². The van der Waals surface area contributed by atoms with Gasteiger partial charge in [-0.15, -0.1) is 0 Å². The molecule has 0 spiro atoms. The molecule has 0 fully saturated rings. The third-order valence-corrected chi connectivity index (χ3v) is 3.02. The van der Waals surface area contributed by atoms with Crippen molar-refractivity contribution in [1.82, 2.24) is 0 Å². The van der Waals surface area contributed by atoms with E-state index in [1.54, 1.807) is 6.07 Å². The molecule has 134 valence electrons. The zero-order valence-electron chi connectivity index (χ0n) is 15.0. The Bertz CT molecular complexity index is 703. The number of rotatable bonds is 3. The molecule has 0 heterocycles. The van der Waals surface area contributed by atoms with Crippen molar-refractivity contribution < 1.29 is 19.4 Å². The van der Waals surface area contributed by atoms with Crippen LogP contribution in [-0.4, -0.2) is 28.7 Å². The van der Waals surface area contributed by atoms with E-state index in [1.807, 2.05) is 69.3 Å². The molecule has 1 unspecified atom stereocenters. The molecule has 25 heavy (non-hydrogen) atoms. The van der Waals surface area contributed by atoms with Gasteiger partial charge in [0, 0.05) is 0 Å². The highest BCUT2D eigenvalue weighted by Crippen LogP contribution is 2.25. The molecule has 0 saturated carbocycles. The number of carbonyl (C=O) groups excluding carboxylic acids is 1. The van der Waals surface area contributed by atoms with Gasteiger partial charge in [-0.2, -0.15) is 0 Å². The minimum atomic E-state index is -0.963. The van der Waals surface area contributed by atoms with Gasteiger partial charge in [-0.1, -0.05) is 48.5 Å². The first-order valence-electron chi connectivity index (χ1n) is 7.98. The molecule has 0 amide bonds. The van der Waals surface area contributed by atoms with E-state index in [9.17, 15) is 9.59 Å². The lowest BCUT2D eigenvalue weighted by Gasteiger charge is -2.20. The number of hydrogen-bond donors (Lipinski definition) is 2. The highest BCUT2D eigenvalue weighted by molar-refractivity contribution is 5.97. The van der Waals surface area contributed by atoms with Crippen LogP contribution in [0.2, 0.25) is 0 Å². The molecular weight excluding hydrogens is 318 g/mol. The van der Waals surface area contributed by atoms with Crippen molar-refractivity contribution in [3.63, 3.8) is 0 Å². The van der Waals surface area contributed by atoms with Gasteiger partial charge in [0.05, 0.1) is 5.56 Å². The van der Waals surface area contributed by atoms with Gasteiger partial charge >= 0.3 is 11.9 Å². The van der Waals surface area contributed by atoms with E-state index in [4.69, 9.17) is 15.6 Å². The van der Waals surface area contributed by atoms with E-state index in [0.717, 1.165) is 11.1 Å². The molecule has 0 aliphatic carbocycles. The Morgan fingerprint density at radius 2 is 1.48 bits per heavy atom. The van der Waals surface area contributed by atoms with E-state index >= 15 is 0 Å². The first-order valence-corrected chi connectivity index (χ1v) is 7.98. The van der Waals surface area contributed by atoms with Crippen molar-refractivity contribution in [2.24, 2.45) is 5.73 Å². The van der Waals surface area contributed by atoms with E-state index < -0.39 is 17.6 Å². The van der Waals surface area contributed by atoms with Crippen LogP contribution < -0.4 is 5.73 Å². The molecule has 2 rings (SSSR count). The molecule has 5 nitrogen and oxygen atoms in total. The molecule has 0 saturated heterocycles. The monoisotopic (exact) mass is 343 g/mol. The fraction of sp³-hybridized carbons (Fsp3) is 0.300. The van der Waals surface area contributed by atoms with Crippen molar-refractivity contribution in [2.45, 2.75) is 39.3 Å². The van der Waals surface area contributed by atoms with Gasteiger partial charge in [-0.3, -0.25) is 4.79 Å². The second-order valence-corrected chi connectivity index (χ2v) is 6.54. The Labute approximate surface area is 148 Å². The number of benzene rings is 2. The molecule has 0 bridgehead atoms. The normalized spacial score (nSPS) is 11.7. The minimum absolute atomic E-state index is 0.285. The molecule has 0 aromatic heterocycles. The predicted molar refractivity (Wildman–Crippen MR) is 98.3 cm³/mol. The van der Waals surface area contributed by atoms with Crippen LogP contribution in [0.5, 0.6) is 0 Å². The first kappa shape index (κ1) is 20.4. The topological polar surface area (TPSA) is 89.6 Å². The van der Waals surface area contributed by atoms with Crippen molar-refractivity contribution in [2.75, 3.05) is 0 Å². The summed E-state index contributed by atoms with van der Waals surface area (Å²) >= 11 is 0. The van der Waals surface area contributed by atoms with Crippen LogP contribution in [0, 0.1) is 0 Å². The summed E-state index contributed by atoms with van der Waals surface area (Å²) in [6.45, 7) is 7.03. The van der Waals surface area contributed by atoms with Gasteiger partial charge in [0.1, 0.15) is 11.6 Å². The second kappa shape index (κ2) is 8.99. The lowest BCUT2D eigenvalue weighted by atomic mass is 10.00. The number of hydrogen-bond acceptors (Lipinski definition) is 4. The molecule has 0 radical (unpaired) electrons. The third kappa shape index (κ3) is 7.18. The fourth-order valence-electron chi connectivity index (χ4n) is 1.86. The molecule has 2 aromatic rings. The van der Waals surface area contributed by atoms with Gasteiger partial charge in [-0.25, -0.2) is 4.79 Å². The highest BCUT2D eigenvalue weighted by atomic mass is 16.6. The average molecular weight is 343 g/mol. The maximum Gasteiger partial charge on any atom is 0.339 e. The lowest BCUT2D eigenvalue weighted by molar-refractivity contribution is -0.138. The number of carboxylic acids is 1. The molecule has 0 aliphatic heterocycles. The number of aliphatic carboxylic acids is 1. The number of carboxylic acid groups (broad SMARTS) is 1. The standard InChI is InChI=1S/C17H18O2.C3H7NO2/c1-17(2,3)19-16(18)15-12-8-7-11-14(15)13-9-5-4-6-10-13;1-2(4)3(5)6/h4-12H,1-3H3;2H,4H2,1H3,(H,5,6). The summed E-state index contributed by atoms with van der Waals surface area (Å²) in [4.78, 5) is 21.8. The number of esters is 1. The van der Waals surface area contributed by atoms with Gasteiger partial charge in [0.2, 0.25) is 0 Å².